The van der Waals surface area contributed by atoms with Gasteiger partial charge >= 0.3 is 5.97 Å². The van der Waals surface area contributed by atoms with Crippen LogP contribution in [0.5, 0.6) is 0 Å². The summed E-state index contributed by atoms with van der Waals surface area (Å²) in [5, 5.41) is 5.69. The maximum atomic E-state index is 12.3. The highest BCUT2D eigenvalue weighted by Gasteiger charge is 2.15. The number of aryl methyl sites for hydroxylation is 1. The van der Waals surface area contributed by atoms with Crippen molar-refractivity contribution in [3.05, 3.63) is 46.7 Å². The van der Waals surface area contributed by atoms with Gasteiger partial charge in [0.05, 0.1) is 18.7 Å². The quantitative estimate of drug-likeness (QED) is 0.716. The Kier molecular flexibility index (Phi) is 4.61. The number of hydrogen-bond donors (Lipinski definition) is 1. The first kappa shape index (κ1) is 16.2. The highest BCUT2D eigenvalue weighted by atomic mass is 32.1. The Morgan fingerprint density at radius 2 is 2.17 bits per heavy atom. The lowest BCUT2D eigenvalue weighted by Crippen LogP contribution is -2.11. The molecule has 7 heteroatoms. The summed E-state index contributed by atoms with van der Waals surface area (Å²) in [6.07, 6.45) is 0.0874. The van der Waals surface area contributed by atoms with Crippen molar-refractivity contribution in [3.63, 3.8) is 0 Å². The van der Waals surface area contributed by atoms with E-state index in [1.807, 2.05) is 25.1 Å². The van der Waals surface area contributed by atoms with Crippen molar-refractivity contribution >= 4 is 39.3 Å². The van der Waals surface area contributed by atoms with Gasteiger partial charge in [-0.15, -0.1) is 11.3 Å². The topological polar surface area (TPSA) is 81.4 Å². The van der Waals surface area contributed by atoms with Crippen LogP contribution in [-0.4, -0.2) is 23.5 Å². The minimum atomic E-state index is -0.374. The zero-order valence-corrected chi connectivity index (χ0v) is 14.1. The van der Waals surface area contributed by atoms with Crippen LogP contribution in [-0.2, 0) is 16.0 Å². The molecule has 0 spiro atoms. The standard InChI is InChI=1S/C17H16N2O4S/c1-3-22-15(20)8-12-9-24-17(18-12)19-16(21)14-7-11-6-10(2)4-5-13(11)23-14/h4-7,9H,3,8H2,1-2H3,(H,18,19,21). The summed E-state index contributed by atoms with van der Waals surface area (Å²) in [5.74, 6) is -0.494. The number of carbonyl (C=O) groups is 2. The van der Waals surface area contributed by atoms with Gasteiger partial charge in [-0.25, -0.2) is 4.98 Å². The van der Waals surface area contributed by atoms with Crippen molar-refractivity contribution in [2.75, 3.05) is 11.9 Å². The fraction of sp³-hybridized carbons (Fsp3) is 0.235. The summed E-state index contributed by atoms with van der Waals surface area (Å²) in [7, 11) is 0. The number of anilines is 1. The normalized spacial score (nSPS) is 10.8. The molecule has 3 aromatic rings. The number of carbonyl (C=O) groups excluding carboxylic acids is 2. The van der Waals surface area contributed by atoms with Gasteiger partial charge in [0.1, 0.15) is 5.58 Å². The molecule has 0 aliphatic heterocycles. The molecule has 3 rings (SSSR count). The van der Waals surface area contributed by atoms with Gasteiger partial charge in [0.25, 0.3) is 5.91 Å². The van der Waals surface area contributed by atoms with E-state index in [1.54, 1.807) is 18.4 Å². The molecule has 0 bridgehead atoms. The van der Waals surface area contributed by atoms with Crippen LogP contribution in [0.2, 0.25) is 0 Å². The average Bonchev–Trinajstić information content (AvgIpc) is 3.13. The number of esters is 1. The second-order valence-electron chi connectivity index (χ2n) is 5.23. The van der Waals surface area contributed by atoms with Crippen LogP contribution in [0.3, 0.4) is 0 Å². The number of nitrogens with one attached hydrogen (secondary N) is 1. The van der Waals surface area contributed by atoms with Crippen LogP contribution in [0, 0.1) is 6.92 Å². The van der Waals surface area contributed by atoms with E-state index in [2.05, 4.69) is 10.3 Å². The van der Waals surface area contributed by atoms with Crippen molar-refractivity contribution in [2.45, 2.75) is 20.3 Å². The smallest absolute Gasteiger partial charge is 0.311 e. The Bertz CT molecular complexity index is 897. The molecule has 0 atom stereocenters. The second-order valence-corrected chi connectivity index (χ2v) is 6.09. The number of ether oxygens (including phenoxy) is 1. The number of hydrogen-bond acceptors (Lipinski definition) is 6. The minimum absolute atomic E-state index is 0.0874. The third kappa shape index (κ3) is 3.62. The van der Waals surface area contributed by atoms with Crippen LogP contribution in [0.1, 0.15) is 28.7 Å². The molecule has 2 aromatic heterocycles. The van der Waals surface area contributed by atoms with E-state index in [0.29, 0.717) is 23.0 Å². The summed E-state index contributed by atoms with van der Waals surface area (Å²) in [6, 6.07) is 7.42. The molecule has 0 aliphatic carbocycles. The molecule has 6 nitrogen and oxygen atoms in total. The van der Waals surface area contributed by atoms with Crippen LogP contribution >= 0.6 is 11.3 Å². The summed E-state index contributed by atoms with van der Waals surface area (Å²) in [5.41, 5.74) is 2.32. The zero-order valence-electron chi connectivity index (χ0n) is 13.3. The molecule has 1 aromatic carbocycles. The third-order valence-corrected chi connectivity index (χ3v) is 4.11. The maximum absolute atomic E-state index is 12.3. The van der Waals surface area contributed by atoms with Gasteiger partial charge in [-0.05, 0) is 32.0 Å². The van der Waals surface area contributed by atoms with Crippen molar-refractivity contribution in [1.29, 1.82) is 0 Å². The molecule has 0 saturated carbocycles. The first-order chi connectivity index (χ1) is 11.5. The number of thiazole rings is 1. The molecule has 0 saturated heterocycles. The first-order valence-corrected chi connectivity index (χ1v) is 8.34. The largest absolute Gasteiger partial charge is 0.466 e. The average molecular weight is 344 g/mol. The molecular formula is C17H16N2O4S. The Morgan fingerprint density at radius 3 is 2.96 bits per heavy atom. The fourth-order valence-electron chi connectivity index (χ4n) is 2.24. The van der Waals surface area contributed by atoms with Gasteiger partial charge in [0.15, 0.2) is 10.9 Å². The van der Waals surface area contributed by atoms with Gasteiger partial charge < -0.3 is 9.15 Å². The Labute approximate surface area is 142 Å². The number of furan rings is 1. The SMILES string of the molecule is CCOC(=O)Cc1csc(NC(=O)c2cc3cc(C)ccc3o2)n1. The molecule has 124 valence electrons. The molecular weight excluding hydrogens is 328 g/mol. The predicted molar refractivity (Wildman–Crippen MR) is 91.4 cm³/mol. The van der Waals surface area contributed by atoms with Gasteiger partial charge in [-0.3, -0.25) is 14.9 Å². The van der Waals surface area contributed by atoms with Gasteiger partial charge in [-0.2, -0.15) is 0 Å². The summed E-state index contributed by atoms with van der Waals surface area (Å²) in [6.45, 7) is 4.06. The molecule has 0 unspecified atom stereocenters. The number of aromatic nitrogens is 1. The Morgan fingerprint density at radius 1 is 1.33 bits per heavy atom. The van der Waals surface area contributed by atoms with Crippen LogP contribution in [0.4, 0.5) is 5.13 Å². The lowest BCUT2D eigenvalue weighted by Gasteiger charge is -1.99. The predicted octanol–water partition coefficient (Wildman–Crippen LogP) is 3.56. The number of benzene rings is 1. The Balaban J connectivity index is 1.69. The van der Waals surface area contributed by atoms with Crippen molar-refractivity contribution in [1.82, 2.24) is 4.98 Å². The van der Waals surface area contributed by atoms with Crippen LogP contribution in [0.25, 0.3) is 11.0 Å². The molecule has 1 amide bonds. The third-order valence-electron chi connectivity index (χ3n) is 3.30. The monoisotopic (exact) mass is 344 g/mol. The van der Waals surface area contributed by atoms with E-state index in [4.69, 9.17) is 9.15 Å². The molecule has 0 aliphatic rings. The molecule has 24 heavy (non-hydrogen) atoms. The summed E-state index contributed by atoms with van der Waals surface area (Å²) >= 11 is 1.25. The fourth-order valence-corrected chi connectivity index (χ4v) is 2.94. The van der Waals surface area contributed by atoms with Crippen LogP contribution < -0.4 is 5.32 Å². The molecule has 1 N–H and O–H groups in total. The van der Waals surface area contributed by atoms with Crippen LogP contribution in [0.15, 0.2) is 34.1 Å². The maximum Gasteiger partial charge on any atom is 0.311 e. The van der Waals surface area contributed by atoms with E-state index in [-0.39, 0.29) is 24.1 Å². The summed E-state index contributed by atoms with van der Waals surface area (Å²) in [4.78, 5) is 27.9. The highest BCUT2D eigenvalue weighted by molar-refractivity contribution is 7.14. The van der Waals surface area contributed by atoms with Crippen molar-refractivity contribution < 1.29 is 18.7 Å². The number of nitrogens with zero attached hydrogens (tertiary/aromatic N) is 1. The molecule has 0 fully saturated rings. The van der Waals surface area contributed by atoms with E-state index >= 15 is 0 Å². The van der Waals surface area contributed by atoms with E-state index in [1.165, 1.54) is 11.3 Å². The Hall–Kier alpha value is -2.67. The van der Waals surface area contributed by atoms with Crippen molar-refractivity contribution in [3.8, 4) is 0 Å². The lowest BCUT2D eigenvalue weighted by atomic mass is 10.2. The van der Waals surface area contributed by atoms with Gasteiger partial charge in [0.2, 0.25) is 0 Å². The molecule has 2 heterocycles. The first-order valence-electron chi connectivity index (χ1n) is 7.46. The number of rotatable bonds is 5. The number of fused-ring (bicyclic) bond motifs is 1. The second kappa shape index (κ2) is 6.84. The zero-order chi connectivity index (χ0) is 17.1. The van der Waals surface area contributed by atoms with E-state index in [0.717, 1.165) is 10.9 Å². The summed E-state index contributed by atoms with van der Waals surface area (Å²) < 4.78 is 10.4. The van der Waals surface area contributed by atoms with Gasteiger partial charge in [0, 0.05) is 10.8 Å². The molecule has 0 radical (unpaired) electrons. The number of amides is 1. The van der Waals surface area contributed by atoms with Crippen molar-refractivity contribution in [2.24, 2.45) is 0 Å². The van der Waals surface area contributed by atoms with E-state index in [9.17, 15) is 9.59 Å². The van der Waals surface area contributed by atoms with Gasteiger partial charge in [-0.1, -0.05) is 11.6 Å². The lowest BCUT2D eigenvalue weighted by molar-refractivity contribution is -0.142. The minimum Gasteiger partial charge on any atom is -0.466 e. The highest BCUT2D eigenvalue weighted by Crippen LogP contribution is 2.22. The van der Waals surface area contributed by atoms with E-state index < -0.39 is 0 Å².